The van der Waals surface area contributed by atoms with Crippen LogP contribution in [0.4, 0.5) is 0 Å². The van der Waals surface area contributed by atoms with Crippen LogP contribution in [-0.2, 0) is 9.84 Å². The van der Waals surface area contributed by atoms with Gasteiger partial charge < -0.3 is 5.11 Å². The predicted molar refractivity (Wildman–Crippen MR) is 50.5 cm³/mol. The van der Waals surface area contributed by atoms with Gasteiger partial charge in [0, 0.05) is 5.56 Å². The number of rotatable bonds is 0. The van der Waals surface area contributed by atoms with E-state index in [4.69, 9.17) is 0 Å². The van der Waals surface area contributed by atoms with E-state index in [1.807, 2.05) is 0 Å². The zero-order valence-electron chi connectivity index (χ0n) is 7.10. The van der Waals surface area contributed by atoms with Crippen molar-refractivity contribution < 1.29 is 13.5 Å². The van der Waals surface area contributed by atoms with Crippen molar-refractivity contribution >= 4 is 21.2 Å². The van der Waals surface area contributed by atoms with Gasteiger partial charge in [-0.25, -0.2) is 8.42 Å². The van der Waals surface area contributed by atoms with E-state index in [9.17, 15) is 13.5 Å². The highest BCUT2D eigenvalue weighted by Gasteiger charge is 2.36. The Morgan fingerprint density at radius 2 is 2.31 bits per heavy atom. The van der Waals surface area contributed by atoms with Gasteiger partial charge in [-0.1, -0.05) is 0 Å². The third kappa shape index (κ3) is 1.22. The largest absolute Gasteiger partial charge is 0.388 e. The molecule has 2 atom stereocenters. The molecular formula is C8H10O3S2. The van der Waals surface area contributed by atoms with Gasteiger partial charge in [-0.3, -0.25) is 0 Å². The Kier molecular flexibility index (Phi) is 1.98. The van der Waals surface area contributed by atoms with Gasteiger partial charge >= 0.3 is 0 Å². The predicted octanol–water partition coefficient (Wildman–Crippen LogP) is 1.35. The minimum Gasteiger partial charge on any atom is -0.388 e. The molecule has 1 aliphatic heterocycles. The first-order chi connectivity index (χ1) is 6.03. The van der Waals surface area contributed by atoms with Crippen LogP contribution in [0.1, 0.15) is 25.0 Å². The normalized spacial score (nSPS) is 31.2. The molecule has 0 aliphatic carbocycles. The molecule has 5 heteroatoms. The molecule has 1 aromatic heterocycles. The summed E-state index contributed by atoms with van der Waals surface area (Å²) < 4.78 is 23.8. The van der Waals surface area contributed by atoms with Crippen LogP contribution in [0.2, 0.25) is 0 Å². The molecule has 1 N–H and O–H groups in total. The highest BCUT2D eigenvalue weighted by Crippen LogP contribution is 2.39. The summed E-state index contributed by atoms with van der Waals surface area (Å²) in [4.78, 5) is 0. The fourth-order valence-corrected chi connectivity index (χ4v) is 4.74. The first-order valence-electron chi connectivity index (χ1n) is 4.03. The SMILES string of the molecule is C[C@H]1C[C@@H](O)c2ccsc2S1(=O)=O. The Labute approximate surface area is 80.9 Å². The lowest BCUT2D eigenvalue weighted by Gasteiger charge is -2.23. The minimum absolute atomic E-state index is 0.312. The van der Waals surface area contributed by atoms with Gasteiger partial charge in [-0.05, 0) is 24.8 Å². The molecule has 0 fully saturated rings. The second kappa shape index (κ2) is 2.80. The van der Waals surface area contributed by atoms with Crippen LogP contribution in [0.3, 0.4) is 0 Å². The minimum atomic E-state index is -3.15. The molecule has 1 aromatic rings. The van der Waals surface area contributed by atoms with E-state index >= 15 is 0 Å². The maximum absolute atomic E-state index is 11.7. The molecule has 0 saturated heterocycles. The molecule has 2 rings (SSSR count). The van der Waals surface area contributed by atoms with Gasteiger partial charge in [0.15, 0.2) is 9.84 Å². The van der Waals surface area contributed by atoms with Crippen molar-refractivity contribution in [2.45, 2.75) is 28.9 Å². The lowest BCUT2D eigenvalue weighted by molar-refractivity contribution is 0.161. The van der Waals surface area contributed by atoms with Gasteiger partial charge in [0.2, 0.25) is 0 Å². The number of aliphatic hydroxyl groups is 1. The molecule has 0 aromatic carbocycles. The van der Waals surface area contributed by atoms with Gasteiger partial charge in [0.05, 0.1) is 11.4 Å². The van der Waals surface area contributed by atoms with Crippen molar-refractivity contribution in [2.24, 2.45) is 0 Å². The van der Waals surface area contributed by atoms with E-state index in [-0.39, 0.29) is 0 Å². The Hall–Kier alpha value is -0.390. The van der Waals surface area contributed by atoms with Gasteiger partial charge in [0.25, 0.3) is 0 Å². The smallest absolute Gasteiger partial charge is 0.190 e. The van der Waals surface area contributed by atoms with E-state index < -0.39 is 21.2 Å². The average Bonchev–Trinajstić information content (AvgIpc) is 2.49. The number of fused-ring (bicyclic) bond motifs is 1. The molecule has 2 heterocycles. The first kappa shape index (κ1) is 9.18. The van der Waals surface area contributed by atoms with E-state index in [1.165, 1.54) is 11.3 Å². The van der Waals surface area contributed by atoms with Crippen LogP contribution in [0.25, 0.3) is 0 Å². The van der Waals surface area contributed by atoms with Crippen LogP contribution >= 0.6 is 11.3 Å². The molecule has 0 unspecified atom stereocenters. The summed E-state index contributed by atoms with van der Waals surface area (Å²) in [5.74, 6) is 0. The van der Waals surface area contributed by atoms with Gasteiger partial charge in [-0.2, -0.15) is 0 Å². The molecule has 13 heavy (non-hydrogen) atoms. The van der Waals surface area contributed by atoms with Crippen LogP contribution in [-0.4, -0.2) is 18.8 Å². The molecule has 0 spiro atoms. The topological polar surface area (TPSA) is 54.4 Å². The summed E-state index contributed by atoms with van der Waals surface area (Å²) in [5.41, 5.74) is 0.572. The Bertz CT molecular complexity index is 418. The zero-order valence-corrected chi connectivity index (χ0v) is 8.73. The average molecular weight is 218 g/mol. The second-order valence-electron chi connectivity index (χ2n) is 3.27. The third-order valence-corrected chi connectivity index (χ3v) is 6.07. The standard InChI is InChI=1S/C8H10O3S2/c1-5-4-7(9)6-2-3-12-8(6)13(5,10)11/h2-3,5,7,9H,4H2,1H3/t5-,7+/m0/s1. The quantitative estimate of drug-likeness (QED) is 0.715. The Morgan fingerprint density at radius 3 is 3.00 bits per heavy atom. The number of hydrogen-bond donors (Lipinski definition) is 1. The summed E-state index contributed by atoms with van der Waals surface area (Å²) in [7, 11) is -3.15. The first-order valence-corrected chi connectivity index (χ1v) is 6.45. The third-order valence-electron chi connectivity index (χ3n) is 2.36. The zero-order chi connectivity index (χ0) is 9.64. The fraction of sp³-hybridized carbons (Fsp3) is 0.500. The molecular weight excluding hydrogens is 208 g/mol. The van der Waals surface area contributed by atoms with E-state index in [0.29, 0.717) is 16.2 Å². The highest BCUT2D eigenvalue weighted by molar-refractivity contribution is 7.94. The molecule has 72 valence electrons. The van der Waals surface area contributed by atoms with Crippen molar-refractivity contribution in [1.29, 1.82) is 0 Å². The summed E-state index contributed by atoms with van der Waals surface area (Å²) in [6.07, 6.45) is -0.300. The summed E-state index contributed by atoms with van der Waals surface area (Å²) in [5, 5.41) is 10.8. The van der Waals surface area contributed by atoms with Crippen molar-refractivity contribution in [3.05, 3.63) is 17.0 Å². The summed E-state index contributed by atoms with van der Waals surface area (Å²) in [6.45, 7) is 1.64. The van der Waals surface area contributed by atoms with Gasteiger partial charge in [0.1, 0.15) is 4.21 Å². The van der Waals surface area contributed by atoms with Crippen molar-refractivity contribution in [2.75, 3.05) is 0 Å². The van der Waals surface area contributed by atoms with E-state index in [1.54, 1.807) is 18.4 Å². The molecule has 0 bridgehead atoms. The lowest BCUT2D eigenvalue weighted by atomic mass is 10.1. The van der Waals surface area contributed by atoms with Gasteiger partial charge in [-0.15, -0.1) is 11.3 Å². The highest BCUT2D eigenvalue weighted by atomic mass is 32.2. The van der Waals surface area contributed by atoms with Crippen LogP contribution < -0.4 is 0 Å². The van der Waals surface area contributed by atoms with Crippen molar-refractivity contribution in [3.8, 4) is 0 Å². The monoisotopic (exact) mass is 218 g/mol. The molecule has 0 amide bonds. The van der Waals surface area contributed by atoms with Crippen molar-refractivity contribution in [1.82, 2.24) is 0 Å². The molecule has 0 radical (unpaired) electrons. The van der Waals surface area contributed by atoms with Crippen LogP contribution in [0.15, 0.2) is 15.7 Å². The summed E-state index contributed by atoms with van der Waals surface area (Å²) >= 11 is 1.19. The fourth-order valence-electron chi connectivity index (χ4n) is 1.53. The number of sulfone groups is 1. The Morgan fingerprint density at radius 1 is 1.62 bits per heavy atom. The molecule has 1 aliphatic rings. The van der Waals surface area contributed by atoms with Crippen molar-refractivity contribution in [3.63, 3.8) is 0 Å². The number of hydrogen-bond acceptors (Lipinski definition) is 4. The number of aliphatic hydroxyl groups excluding tert-OH is 1. The maximum Gasteiger partial charge on any atom is 0.190 e. The molecule has 0 saturated carbocycles. The lowest BCUT2D eigenvalue weighted by Crippen LogP contribution is -2.26. The number of thiophene rings is 1. The van der Waals surface area contributed by atoms with Crippen LogP contribution in [0.5, 0.6) is 0 Å². The molecule has 3 nitrogen and oxygen atoms in total. The van der Waals surface area contributed by atoms with E-state index in [0.717, 1.165) is 0 Å². The maximum atomic E-state index is 11.7. The second-order valence-corrected chi connectivity index (χ2v) is 6.75. The van der Waals surface area contributed by atoms with Crippen LogP contribution in [0, 0.1) is 0 Å². The van der Waals surface area contributed by atoms with E-state index in [2.05, 4.69) is 0 Å². The Balaban J connectivity index is 2.66. The summed E-state index contributed by atoms with van der Waals surface area (Å²) in [6, 6.07) is 1.69.